The van der Waals surface area contributed by atoms with Crippen LogP contribution in [0, 0.1) is 11.3 Å². The molecule has 1 aromatic carbocycles. The molecule has 2 heterocycles. The molecule has 0 amide bonds. The van der Waals surface area contributed by atoms with Crippen molar-refractivity contribution in [3.8, 4) is 11.5 Å². The van der Waals surface area contributed by atoms with Gasteiger partial charge >= 0.3 is 0 Å². The van der Waals surface area contributed by atoms with E-state index in [-0.39, 0.29) is 0 Å². The lowest BCUT2D eigenvalue weighted by Gasteiger charge is -2.63. The van der Waals surface area contributed by atoms with Crippen LogP contribution < -0.4 is 20.1 Å². The van der Waals surface area contributed by atoms with Crippen LogP contribution in [0.2, 0.25) is 0 Å². The minimum Gasteiger partial charge on any atom is -0.454 e. The molecule has 140 valence electrons. The Balaban J connectivity index is 1.29. The molecule has 3 unspecified atom stereocenters. The van der Waals surface area contributed by atoms with E-state index in [9.17, 15) is 0 Å². The van der Waals surface area contributed by atoms with Crippen molar-refractivity contribution in [3.63, 3.8) is 0 Å². The van der Waals surface area contributed by atoms with Gasteiger partial charge in [-0.25, -0.2) is 4.99 Å². The fraction of sp³-hybridized carbons (Fsp3) is 0.650. The van der Waals surface area contributed by atoms with Gasteiger partial charge < -0.3 is 24.8 Å². The van der Waals surface area contributed by atoms with Crippen molar-refractivity contribution in [3.05, 3.63) is 23.8 Å². The van der Waals surface area contributed by atoms with Gasteiger partial charge in [0.15, 0.2) is 17.5 Å². The maximum absolute atomic E-state index is 6.03. The van der Waals surface area contributed by atoms with E-state index in [4.69, 9.17) is 19.2 Å². The fourth-order valence-electron chi connectivity index (χ4n) is 5.13. The minimum absolute atomic E-state index is 0.306. The average Bonchev–Trinajstić information content (AvgIpc) is 3.23. The maximum atomic E-state index is 6.03. The fourth-order valence-corrected chi connectivity index (χ4v) is 5.13. The molecule has 2 aliphatic carbocycles. The molecule has 2 saturated carbocycles. The molecule has 6 heteroatoms. The Hall–Kier alpha value is -1.95. The molecule has 2 N–H and O–H groups in total. The Morgan fingerprint density at radius 3 is 2.96 bits per heavy atom. The topological polar surface area (TPSA) is 64.1 Å². The highest BCUT2D eigenvalue weighted by Gasteiger charge is 2.66. The van der Waals surface area contributed by atoms with E-state index in [1.165, 1.54) is 25.7 Å². The Bertz CT molecular complexity index is 716. The maximum Gasteiger partial charge on any atom is 0.231 e. The van der Waals surface area contributed by atoms with Gasteiger partial charge in [0.2, 0.25) is 6.79 Å². The first-order valence-electron chi connectivity index (χ1n) is 9.85. The number of hydrogen-bond acceptors (Lipinski definition) is 4. The van der Waals surface area contributed by atoms with E-state index in [0.29, 0.717) is 36.8 Å². The van der Waals surface area contributed by atoms with Crippen molar-refractivity contribution in [2.24, 2.45) is 16.3 Å². The molecule has 1 aromatic rings. The number of nitrogens with one attached hydrogen (secondary N) is 2. The second-order valence-electron chi connectivity index (χ2n) is 7.84. The van der Waals surface area contributed by atoms with Crippen LogP contribution in [0.5, 0.6) is 11.5 Å². The van der Waals surface area contributed by atoms with Gasteiger partial charge in [0.1, 0.15) is 0 Å². The zero-order chi connectivity index (χ0) is 17.6. The van der Waals surface area contributed by atoms with Crippen molar-refractivity contribution in [1.29, 1.82) is 0 Å². The monoisotopic (exact) mass is 357 g/mol. The Labute approximate surface area is 154 Å². The first-order chi connectivity index (χ1) is 12.8. The first-order valence-corrected chi connectivity index (χ1v) is 9.85. The van der Waals surface area contributed by atoms with Gasteiger partial charge in [-0.2, -0.15) is 0 Å². The van der Waals surface area contributed by atoms with Gasteiger partial charge in [-0.15, -0.1) is 0 Å². The van der Waals surface area contributed by atoms with Gasteiger partial charge in [-0.05, 0) is 43.9 Å². The number of aliphatic imine (C=N–C) groups is 1. The van der Waals surface area contributed by atoms with E-state index < -0.39 is 0 Å². The van der Waals surface area contributed by atoms with Crippen LogP contribution in [0.15, 0.2) is 23.2 Å². The highest BCUT2D eigenvalue weighted by atomic mass is 16.7. The third-order valence-electron chi connectivity index (χ3n) is 6.53. The summed E-state index contributed by atoms with van der Waals surface area (Å²) in [5.74, 6) is 3.18. The molecule has 26 heavy (non-hydrogen) atoms. The number of guanidine groups is 1. The summed E-state index contributed by atoms with van der Waals surface area (Å²) in [6, 6.07) is 6.53. The third-order valence-corrected chi connectivity index (χ3v) is 6.53. The Morgan fingerprint density at radius 1 is 1.27 bits per heavy atom. The molecular weight excluding hydrogens is 330 g/mol. The zero-order valence-corrected chi connectivity index (χ0v) is 15.3. The standard InChI is InChI=1S/C20H27N3O3/c1-2-21-19(22-11-13-4-5-15-16(10-13)26-12-25-15)23-17-14-6-9-24-18(14)20(17)7-3-8-20/h4-5,10,14,17-18H,2-3,6-9,11-12H2,1H3,(H2,21,22,23). The Kier molecular flexibility index (Phi) is 3.96. The second-order valence-corrected chi connectivity index (χ2v) is 7.84. The van der Waals surface area contributed by atoms with Crippen LogP contribution in [-0.4, -0.2) is 38.0 Å². The summed E-state index contributed by atoms with van der Waals surface area (Å²) in [7, 11) is 0. The normalized spacial score (nSPS) is 30.5. The summed E-state index contributed by atoms with van der Waals surface area (Å²) in [4.78, 5) is 4.83. The molecule has 0 bridgehead atoms. The molecule has 1 spiro atoms. The van der Waals surface area contributed by atoms with E-state index >= 15 is 0 Å². The predicted molar refractivity (Wildman–Crippen MR) is 98.4 cm³/mol. The first kappa shape index (κ1) is 16.2. The van der Waals surface area contributed by atoms with Crippen molar-refractivity contribution in [1.82, 2.24) is 10.6 Å². The van der Waals surface area contributed by atoms with Gasteiger partial charge in [0.05, 0.1) is 12.6 Å². The van der Waals surface area contributed by atoms with E-state index in [1.807, 2.05) is 12.1 Å². The van der Waals surface area contributed by atoms with E-state index in [1.54, 1.807) is 0 Å². The smallest absolute Gasteiger partial charge is 0.231 e. The van der Waals surface area contributed by atoms with Crippen LogP contribution in [0.1, 0.15) is 38.2 Å². The molecule has 0 radical (unpaired) electrons. The molecule has 4 aliphatic rings. The van der Waals surface area contributed by atoms with E-state index in [2.05, 4.69) is 23.6 Å². The van der Waals surface area contributed by atoms with Gasteiger partial charge in [0.25, 0.3) is 0 Å². The molecule has 0 aromatic heterocycles. The van der Waals surface area contributed by atoms with Gasteiger partial charge in [0, 0.05) is 30.5 Å². The molecule has 6 nitrogen and oxygen atoms in total. The van der Waals surface area contributed by atoms with Gasteiger partial charge in [-0.3, -0.25) is 0 Å². The number of rotatable bonds is 4. The number of benzene rings is 1. The highest BCUT2D eigenvalue weighted by Crippen LogP contribution is 2.62. The number of ether oxygens (including phenoxy) is 3. The summed E-state index contributed by atoms with van der Waals surface area (Å²) in [5, 5.41) is 7.16. The molecule has 3 fully saturated rings. The second kappa shape index (κ2) is 6.34. The predicted octanol–water partition coefficient (Wildman–Crippen LogP) is 2.43. The van der Waals surface area contributed by atoms with Crippen LogP contribution in [-0.2, 0) is 11.3 Å². The summed E-state index contributed by atoms with van der Waals surface area (Å²) in [6.07, 6.45) is 5.55. The molecule has 5 rings (SSSR count). The van der Waals surface area contributed by atoms with Crippen LogP contribution in [0.3, 0.4) is 0 Å². The number of fused-ring (bicyclic) bond motifs is 3. The summed E-state index contributed by atoms with van der Waals surface area (Å²) >= 11 is 0. The lowest BCUT2D eigenvalue weighted by atomic mass is 9.46. The largest absolute Gasteiger partial charge is 0.454 e. The van der Waals surface area contributed by atoms with Gasteiger partial charge in [-0.1, -0.05) is 12.5 Å². The average molecular weight is 357 g/mol. The number of nitrogens with zero attached hydrogens (tertiary/aromatic N) is 1. The molecule has 1 saturated heterocycles. The molecule has 2 aliphatic heterocycles. The van der Waals surface area contributed by atoms with Crippen molar-refractivity contribution >= 4 is 5.96 Å². The third kappa shape index (κ3) is 2.46. The molecule has 3 atom stereocenters. The lowest BCUT2D eigenvalue weighted by Crippen LogP contribution is -2.72. The van der Waals surface area contributed by atoms with Crippen molar-refractivity contribution in [2.45, 2.75) is 51.3 Å². The van der Waals surface area contributed by atoms with Crippen molar-refractivity contribution in [2.75, 3.05) is 19.9 Å². The van der Waals surface area contributed by atoms with Crippen LogP contribution in [0.25, 0.3) is 0 Å². The minimum atomic E-state index is 0.306. The van der Waals surface area contributed by atoms with Crippen LogP contribution >= 0.6 is 0 Å². The summed E-state index contributed by atoms with van der Waals surface area (Å²) in [6.45, 7) is 4.81. The molecular formula is C20H27N3O3. The summed E-state index contributed by atoms with van der Waals surface area (Å²) in [5.41, 5.74) is 1.48. The SMILES string of the molecule is CCNC(=NCc1ccc2c(c1)OCO2)NC1C2CCOC2C12CCC2. The number of hydrogen-bond donors (Lipinski definition) is 2. The quantitative estimate of drug-likeness (QED) is 0.640. The van der Waals surface area contributed by atoms with E-state index in [0.717, 1.165) is 36.2 Å². The zero-order valence-electron chi connectivity index (χ0n) is 15.3. The highest BCUT2D eigenvalue weighted by molar-refractivity contribution is 5.80. The lowest BCUT2D eigenvalue weighted by molar-refractivity contribution is -0.171. The summed E-state index contributed by atoms with van der Waals surface area (Å²) < 4.78 is 16.9. The van der Waals surface area contributed by atoms with Crippen LogP contribution in [0.4, 0.5) is 0 Å². The van der Waals surface area contributed by atoms with Crippen molar-refractivity contribution < 1.29 is 14.2 Å². The Morgan fingerprint density at radius 2 is 2.15 bits per heavy atom.